The summed E-state index contributed by atoms with van der Waals surface area (Å²) in [5.74, 6) is 2.14. The number of aryl methyl sites for hydroxylation is 1. The van der Waals surface area contributed by atoms with Gasteiger partial charge >= 0.3 is 0 Å². The van der Waals surface area contributed by atoms with Gasteiger partial charge in [-0.1, -0.05) is 0 Å². The lowest BCUT2D eigenvalue weighted by Crippen LogP contribution is -2.35. The van der Waals surface area contributed by atoms with E-state index in [-0.39, 0.29) is 5.91 Å². The van der Waals surface area contributed by atoms with Crippen molar-refractivity contribution < 1.29 is 9.53 Å². The van der Waals surface area contributed by atoms with Crippen LogP contribution in [0.4, 0.5) is 0 Å². The van der Waals surface area contributed by atoms with E-state index in [0.717, 1.165) is 37.7 Å². The van der Waals surface area contributed by atoms with Crippen LogP contribution in [-0.4, -0.2) is 69.2 Å². The number of amides is 1. The van der Waals surface area contributed by atoms with E-state index in [1.165, 1.54) is 0 Å². The minimum absolute atomic E-state index is 0.0146. The molecular formula is C16H22N6O2. The Morgan fingerprint density at radius 2 is 2.17 bits per heavy atom. The molecule has 1 saturated heterocycles. The Morgan fingerprint density at radius 1 is 1.29 bits per heavy atom. The number of hydrogen-bond donors (Lipinski definition) is 1. The molecule has 0 spiro atoms. The Balaban J connectivity index is 1.58. The standard InChI is InChI=1S/C16H22N6O2/c1-12-18-14(20-19-12)11-21-6-3-7-22(9-8-21)16(23)13-4-5-15(24-2)17-10-13/h4-5,10H,3,6-9,11H2,1-2H3,(H,18,19,20). The molecule has 1 N–H and O–H groups in total. The van der Waals surface area contributed by atoms with Crippen LogP contribution in [0.25, 0.3) is 0 Å². The van der Waals surface area contributed by atoms with Gasteiger partial charge in [-0.25, -0.2) is 9.97 Å². The lowest BCUT2D eigenvalue weighted by Gasteiger charge is -2.21. The summed E-state index contributed by atoms with van der Waals surface area (Å²) in [6.45, 7) is 5.77. The van der Waals surface area contributed by atoms with Crippen LogP contribution in [0.3, 0.4) is 0 Å². The Hall–Kier alpha value is -2.48. The van der Waals surface area contributed by atoms with Crippen LogP contribution >= 0.6 is 0 Å². The first-order chi connectivity index (χ1) is 11.7. The number of nitrogens with one attached hydrogen (secondary N) is 1. The lowest BCUT2D eigenvalue weighted by atomic mass is 10.2. The van der Waals surface area contributed by atoms with E-state index >= 15 is 0 Å². The van der Waals surface area contributed by atoms with E-state index < -0.39 is 0 Å². The van der Waals surface area contributed by atoms with Crippen molar-refractivity contribution in [2.24, 2.45) is 0 Å². The maximum Gasteiger partial charge on any atom is 0.255 e. The van der Waals surface area contributed by atoms with Gasteiger partial charge in [0, 0.05) is 38.4 Å². The monoisotopic (exact) mass is 330 g/mol. The molecule has 8 nitrogen and oxygen atoms in total. The molecule has 8 heteroatoms. The van der Waals surface area contributed by atoms with Crippen LogP contribution in [0.1, 0.15) is 28.4 Å². The summed E-state index contributed by atoms with van der Waals surface area (Å²) in [5.41, 5.74) is 0.592. The number of methoxy groups -OCH3 is 1. The zero-order chi connectivity index (χ0) is 16.9. The van der Waals surface area contributed by atoms with Crippen molar-refractivity contribution in [3.8, 4) is 5.88 Å². The first kappa shape index (κ1) is 16.4. The molecule has 0 unspecified atom stereocenters. The minimum Gasteiger partial charge on any atom is -0.481 e. The molecule has 0 saturated carbocycles. The molecule has 1 aliphatic rings. The van der Waals surface area contributed by atoms with Crippen LogP contribution in [0.2, 0.25) is 0 Å². The SMILES string of the molecule is COc1ccc(C(=O)N2CCCN(Cc3n[nH]c(C)n3)CC2)cn1. The average Bonchev–Trinajstić information content (AvgIpc) is 2.87. The molecule has 0 aliphatic carbocycles. The molecule has 1 aliphatic heterocycles. The quantitative estimate of drug-likeness (QED) is 0.895. The second kappa shape index (κ2) is 7.39. The number of H-pyrrole nitrogens is 1. The molecule has 0 radical (unpaired) electrons. The van der Waals surface area contributed by atoms with Crippen LogP contribution in [-0.2, 0) is 6.54 Å². The number of pyridine rings is 1. The summed E-state index contributed by atoms with van der Waals surface area (Å²) in [4.78, 5) is 25.2. The fourth-order valence-electron chi connectivity index (χ4n) is 2.80. The second-order valence-electron chi connectivity index (χ2n) is 5.85. The van der Waals surface area contributed by atoms with Crippen LogP contribution < -0.4 is 4.74 Å². The average molecular weight is 330 g/mol. The van der Waals surface area contributed by atoms with E-state index in [9.17, 15) is 4.79 Å². The fraction of sp³-hybridized carbons (Fsp3) is 0.500. The highest BCUT2D eigenvalue weighted by atomic mass is 16.5. The van der Waals surface area contributed by atoms with Gasteiger partial charge in [-0.05, 0) is 19.4 Å². The molecule has 3 heterocycles. The summed E-state index contributed by atoms with van der Waals surface area (Å²) < 4.78 is 5.03. The summed E-state index contributed by atoms with van der Waals surface area (Å²) in [5, 5.41) is 7.04. The van der Waals surface area contributed by atoms with Crippen LogP contribution in [0.15, 0.2) is 18.3 Å². The normalized spacial score (nSPS) is 16.0. The highest BCUT2D eigenvalue weighted by Gasteiger charge is 2.21. The van der Waals surface area contributed by atoms with E-state index in [0.29, 0.717) is 24.5 Å². The zero-order valence-electron chi connectivity index (χ0n) is 14.0. The fourth-order valence-corrected chi connectivity index (χ4v) is 2.80. The largest absolute Gasteiger partial charge is 0.481 e. The maximum atomic E-state index is 12.6. The van der Waals surface area contributed by atoms with Crippen molar-refractivity contribution in [1.29, 1.82) is 0 Å². The van der Waals surface area contributed by atoms with Crippen molar-refractivity contribution in [1.82, 2.24) is 30.0 Å². The number of aromatic nitrogens is 4. The van der Waals surface area contributed by atoms with Gasteiger partial charge in [0.1, 0.15) is 5.82 Å². The number of nitrogens with zero attached hydrogens (tertiary/aromatic N) is 5. The molecule has 0 aromatic carbocycles. The zero-order valence-corrected chi connectivity index (χ0v) is 14.0. The third kappa shape index (κ3) is 3.88. The predicted molar refractivity (Wildman–Crippen MR) is 87.7 cm³/mol. The number of rotatable bonds is 4. The lowest BCUT2D eigenvalue weighted by molar-refractivity contribution is 0.0760. The smallest absolute Gasteiger partial charge is 0.255 e. The molecule has 2 aromatic heterocycles. The Kier molecular flexibility index (Phi) is 5.05. The molecule has 1 amide bonds. The van der Waals surface area contributed by atoms with Gasteiger partial charge in [0.05, 0.1) is 19.2 Å². The molecule has 1 fully saturated rings. The third-order valence-electron chi connectivity index (χ3n) is 4.08. The first-order valence-electron chi connectivity index (χ1n) is 8.05. The summed E-state index contributed by atoms with van der Waals surface area (Å²) in [7, 11) is 1.56. The molecule has 3 rings (SSSR count). The van der Waals surface area contributed by atoms with Gasteiger partial charge in [-0.15, -0.1) is 0 Å². The van der Waals surface area contributed by atoms with E-state index in [4.69, 9.17) is 4.74 Å². The Labute approximate surface area is 140 Å². The molecular weight excluding hydrogens is 308 g/mol. The first-order valence-corrected chi connectivity index (χ1v) is 8.05. The van der Waals surface area contributed by atoms with Crippen LogP contribution in [0.5, 0.6) is 5.88 Å². The van der Waals surface area contributed by atoms with Crippen molar-refractivity contribution in [3.63, 3.8) is 0 Å². The molecule has 24 heavy (non-hydrogen) atoms. The number of ether oxygens (including phenoxy) is 1. The Morgan fingerprint density at radius 3 is 2.83 bits per heavy atom. The predicted octanol–water partition coefficient (Wildman–Crippen LogP) is 0.865. The molecule has 0 bridgehead atoms. The Bertz CT molecular complexity index is 684. The van der Waals surface area contributed by atoms with E-state index in [1.807, 2.05) is 11.8 Å². The van der Waals surface area contributed by atoms with E-state index in [1.54, 1.807) is 25.4 Å². The number of hydrogen-bond acceptors (Lipinski definition) is 6. The van der Waals surface area contributed by atoms with Gasteiger partial charge in [-0.2, -0.15) is 5.10 Å². The highest BCUT2D eigenvalue weighted by Crippen LogP contribution is 2.12. The minimum atomic E-state index is 0.0146. The summed E-state index contributed by atoms with van der Waals surface area (Å²) in [6.07, 6.45) is 2.50. The van der Waals surface area contributed by atoms with Crippen molar-refractivity contribution >= 4 is 5.91 Å². The third-order valence-corrected chi connectivity index (χ3v) is 4.08. The summed E-state index contributed by atoms with van der Waals surface area (Å²) >= 11 is 0. The topological polar surface area (TPSA) is 87.2 Å². The van der Waals surface area contributed by atoms with Gasteiger partial charge < -0.3 is 9.64 Å². The van der Waals surface area contributed by atoms with Crippen molar-refractivity contribution in [2.45, 2.75) is 19.9 Å². The molecule has 0 atom stereocenters. The second-order valence-corrected chi connectivity index (χ2v) is 5.85. The van der Waals surface area contributed by atoms with Crippen LogP contribution in [0, 0.1) is 6.92 Å². The van der Waals surface area contributed by atoms with Crippen molar-refractivity contribution in [2.75, 3.05) is 33.3 Å². The summed E-state index contributed by atoms with van der Waals surface area (Å²) in [6, 6.07) is 3.47. The maximum absolute atomic E-state index is 12.6. The van der Waals surface area contributed by atoms with Gasteiger partial charge in [0.25, 0.3) is 5.91 Å². The van der Waals surface area contributed by atoms with Gasteiger partial charge in [0.15, 0.2) is 5.82 Å². The number of carbonyl (C=O) groups is 1. The molecule has 128 valence electrons. The number of carbonyl (C=O) groups excluding carboxylic acids is 1. The number of aromatic amines is 1. The molecule has 2 aromatic rings. The van der Waals surface area contributed by atoms with E-state index in [2.05, 4.69) is 25.1 Å². The van der Waals surface area contributed by atoms with Gasteiger partial charge in [0.2, 0.25) is 5.88 Å². The highest BCUT2D eigenvalue weighted by molar-refractivity contribution is 5.94. The van der Waals surface area contributed by atoms with Gasteiger partial charge in [-0.3, -0.25) is 14.8 Å². The van der Waals surface area contributed by atoms with Crippen molar-refractivity contribution in [3.05, 3.63) is 35.5 Å².